The van der Waals surface area contributed by atoms with Crippen molar-refractivity contribution in [2.45, 2.75) is 51.0 Å². The van der Waals surface area contributed by atoms with E-state index in [-0.39, 0.29) is 12.5 Å². The fourth-order valence-corrected chi connectivity index (χ4v) is 3.62. The van der Waals surface area contributed by atoms with Gasteiger partial charge in [0.1, 0.15) is 0 Å². The number of carbonyl (C=O) groups excluding carboxylic acids is 1. The van der Waals surface area contributed by atoms with Crippen molar-refractivity contribution < 1.29 is 14.6 Å². The van der Waals surface area contributed by atoms with Crippen LogP contribution in [0.15, 0.2) is 0 Å². The average Bonchev–Trinajstić information content (AvgIpc) is 2.48. The van der Waals surface area contributed by atoms with Crippen LogP contribution in [0.3, 0.4) is 0 Å². The molecule has 2 rings (SSSR count). The van der Waals surface area contributed by atoms with Gasteiger partial charge in [0.2, 0.25) is 5.91 Å². The second-order valence-corrected chi connectivity index (χ2v) is 6.69. The number of ether oxygens (including phenoxy) is 1. The van der Waals surface area contributed by atoms with E-state index in [1.807, 2.05) is 0 Å². The quantitative estimate of drug-likeness (QED) is 0.713. The zero-order valence-electron chi connectivity index (χ0n) is 12.5. The van der Waals surface area contributed by atoms with Crippen LogP contribution in [-0.2, 0) is 9.53 Å². The highest BCUT2D eigenvalue weighted by Gasteiger charge is 2.43. The Morgan fingerprint density at radius 2 is 2.10 bits per heavy atom. The minimum atomic E-state index is -0.513. The van der Waals surface area contributed by atoms with Crippen molar-refractivity contribution in [2.24, 2.45) is 17.1 Å². The number of hydrogen-bond donors (Lipinski definition) is 3. The molecule has 4 N–H and O–H groups in total. The van der Waals surface area contributed by atoms with Crippen molar-refractivity contribution in [2.75, 3.05) is 26.4 Å². The van der Waals surface area contributed by atoms with Gasteiger partial charge in [0.15, 0.2) is 0 Å². The zero-order valence-corrected chi connectivity index (χ0v) is 12.5. The van der Waals surface area contributed by atoms with Crippen molar-refractivity contribution in [3.8, 4) is 0 Å². The number of hydrogen-bond acceptors (Lipinski definition) is 4. The number of carbonyl (C=O) groups is 1. The third-order valence-corrected chi connectivity index (χ3v) is 5.10. The number of aliphatic hydroxyl groups is 1. The minimum absolute atomic E-state index is 0.00597. The summed E-state index contributed by atoms with van der Waals surface area (Å²) < 4.78 is 5.35. The molecule has 1 saturated carbocycles. The van der Waals surface area contributed by atoms with Crippen molar-refractivity contribution in [1.82, 2.24) is 5.32 Å². The largest absolute Gasteiger partial charge is 0.394 e. The maximum Gasteiger partial charge on any atom is 0.228 e. The number of nitrogens with one attached hydrogen (secondary N) is 1. The van der Waals surface area contributed by atoms with Crippen LogP contribution in [0.5, 0.6) is 0 Å². The van der Waals surface area contributed by atoms with E-state index in [0.717, 1.165) is 19.3 Å². The highest BCUT2D eigenvalue weighted by molar-refractivity contribution is 5.83. The molecule has 2 atom stereocenters. The zero-order chi connectivity index (χ0) is 14.6. The van der Waals surface area contributed by atoms with Gasteiger partial charge in [-0.15, -0.1) is 0 Å². The summed E-state index contributed by atoms with van der Waals surface area (Å²) in [4.78, 5) is 12.7. The van der Waals surface area contributed by atoms with Crippen LogP contribution in [0.25, 0.3) is 0 Å². The normalized spacial score (nSPS) is 33.6. The molecule has 5 heteroatoms. The van der Waals surface area contributed by atoms with Crippen molar-refractivity contribution >= 4 is 5.91 Å². The Hall–Kier alpha value is -0.650. The first-order valence-corrected chi connectivity index (χ1v) is 7.77. The molecule has 5 nitrogen and oxygen atoms in total. The molecule has 1 amide bonds. The third-order valence-electron chi connectivity index (χ3n) is 5.10. The maximum absolute atomic E-state index is 12.7. The lowest BCUT2D eigenvalue weighted by Crippen LogP contribution is -2.59. The molecular formula is C15H28N2O3. The summed E-state index contributed by atoms with van der Waals surface area (Å²) in [7, 11) is 0. The molecule has 0 radical (unpaired) electrons. The first kappa shape index (κ1) is 15.7. The lowest BCUT2D eigenvalue weighted by molar-refractivity contribution is -0.139. The lowest BCUT2D eigenvalue weighted by atomic mass is 9.74. The molecule has 1 saturated heterocycles. The van der Waals surface area contributed by atoms with Gasteiger partial charge in [-0.1, -0.05) is 19.8 Å². The SMILES string of the molecule is CC1CCCC(CO)(NC(=O)C2(CN)CCOCC2)C1. The summed E-state index contributed by atoms with van der Waals surface area (Å²) in [6, 6.07) is 0. The number of amides is 1. The van der Waals surface area contributed by atoms with E-state index in [0.29, 0.717) is 38.5 Å². The number of aliphatic hydroxyl groups excluding tert-OH is 1. The van der Waals surface area contributed by atoms with E-state index < -0.39 is 11.0 Å². The molecule has 2 unspecified atom stereocenters. The molecule has 2 fully saturated rings. The van der Waals surface area contributed by atoms with Gasteiger partial charge in [0.05, 0.1) is 17.6 Å². The van der Waals surface area contributed by atoms with E-state index >= 15 is 0 Å². The molecule has 0 bridgehead atoms. The Bertz CT molecular complexity index is 342. The molecule has 0 aromatic carbocycles. The van der Waals surface area contributed by atoms with E-state index in [1.54, 1.807) is 0 Å². The fraction of sp³-hybridized carbons (Fsp3) is 0.933. The molecule has 0 spiro atoms. The van der Waals surface area contributed by atoms with E-state index in [4.69, 9.17) is 10.5 Å². The van der Waals surface area contributed by atoms with Gasteiger partial charge in [-0.3, -0.25) is 4.79 Å². The second-order valence-electron chi connectivity index (χ2n) is 6.69. The number of nitrogens with two attached hydrogens (primary N) is 1. The van der Waals surface area contributed by atoms with Crippen LogP contribution in [0.4, 0.5) is 0 Å². The first-order valence-electron chi connectivity index (χ1n) is 7.77. The topological polar surface area (TPSA) is 84.6 Å². The van der Waals surface area contributed by atoms with Crippen molar-refractivity contribution in [1.29, 1.82) is 0 Å². The molecule has 116 valence electrons. The second kappa shape index (κ2) is 6.41. The van der Waals surface area contributed by atoms with Gasteiger partial charge in [0.25, 0.3) is 0 Å². The Morgan fingerprint density at radius 3 is 2.65 bits per heavy atom. The van der Waals surface area contributed by atoms with Gasteiger partial charge in [-0.2, -0.15) is 0 Å². The molecule has 0 aromatic heterocycles. The van der Waals surface area contributed by atoms with Crippen LogP contribution < -0.4 is 11.1 Å². The highest BCUT2D eigenvalue weighted by Crippen LogP contribution is 2.35. The van der Waals surface area contributed by atoms with E-state index in [2.05, 4.69) is 12.2 Å². The van der Waals surface area contributed by atoms with Gasteiger partial charge < -0.3 is 20.9 Å². The summed E-state index contributed by atoms with van der Waals surface area (Å²) in [6.07, 6.45) is 5.29. The van der Waals surface area contributed by atoms with E-state index in [9.17, 15) is 9.90 Å². The standard InChI is InChI=1S/C15H28N2O3/c1-12-3-2-4-15(9-12,11-18)17-13(19)14(10-16)5-7-20-8-6-14/h12,18H,2-11,16H2,1H3,(H,17,19). The molecular weight excluding hydrogens is 256 g/mol. The summed E-state index contributed by atoms with van der Waals surface area (Å²) in [5, 5.41) is 12.9. The van der Waals surface area contributed by atoms with Crippen molar-refractivity contribution in [3.05, 3.63) is 0 Å². The molecule has 1 aliphatic heterocycles. The first-order chi connectivity index (χ1) is 9.56. The highest BCUT2D eigenvalue weighted by atomic mass is 16.5. The maximum atomic E-state index is 12.7. The molecule has 20 heavy (non-hydrogen) atoms. The molecule has 1 aliphatic carbocycles. The predicted octanol–water partition coefficient (Wildman–Crippen LogP) is 0.799. The predicted molar refractivity (Wildman–Crippen MR) is 77.1 cm³/mol. The summed E-state index contributed by atoms with van der Waals surface area (Å²) >= 11 is 0. The smallest absolute Gasteiger partial charge is 0.228 e. The van der Waals surface area contributed by atoms with Crippen molar-refractivity contribution in [3.63, 3.8) is 0 Å². The monoisotopic (exact) mass is 284 g/mol. The summed E-state index contributed by atoms with van der Waals surface area (Å²) in [6.45, 7) is 3.72. The lowest BCUT2D eigenvalue weighted by Gasteiger charge is -2.43. The summed E-state index contributed by atoms with van der Waals surface area (Å²) in [5.41, 5.74) is 4.92. The van der Waals surface area contributed by atoms with Crippen LogP contribution in [0.2, 0.25) is 0 Å². The van der Waals surface area contributed by atoms with Crippen LogP contribution in [0, 0.1) is 11.3 Å². The Balaban J connectivity index is 2.07. The van der Waals surface area contributed by atoms with Crippen LogP contribution >= 0.6 is 0 Å². The molecule has 1 heterocycles. The molecule has 0 aromatic rings. The van der Waals surface area contributed by atoms with Gasteiger partial charge >= 0.3 is 0 Å². The minimum Gasteiger partial charge on any atom is -0.394 e. The molecule has 2 aliphatic rings. The Morgan fingerprint density at radius 1 is 1.40 bits per heavy atom. The Kier molecular flexibility index (Phi) is 5.04. The fourth-order valence-electron chi connectivity index (χ4n) is 3.62. The average molecular weight is 284 g/mol. The number of rotatable bonds is 4. The van der Waals surface area contributed by atoms with Crippen LogP contribution in [0.1, 0.15) is 45.4 Å². The van der Waals surface area contributed by atoms with Gasteiger partial charge in [0, 0.05) is 19.8 Å². The van der Waals surface area contributed by atoms with Crippen LogP contribution in [-0.4, -0.2) is 42.9 Å². The third kappa shape index (κ3) is 3.15. The summed E-state index contributed by atoms with van der Waals surface area (Å²) in [5.74, 6) is 0.547. The Labute approximate surface area is 121 Å². The van der Waals surface area contributed by atoms with E-state index in [1.165, 1.54) is 6.42 Å². The van der Waals surface area contributed by atoms with Gasteiger partial charge in [-0.25, -0.2) is 0 Å². The van der Waals surface area contributed by atoms with Gasteiger partial charge in [-0.05, 0) is 31.6 Å².